The molecule has 0 amide bonds. The monoisotopic (exact) mass is 741 g/mol. The second-order valence-electron chi connectivity index (χ2n) is 14.7. The van der Waals surface area contributed by atoms with Gasteiger partial charge in [-0.2, -0.15) is 0 Å². The van der Waals surface area contributed by atoms with Gasteiger partial charge in [0.1, 0.15) is 22.3 Å². The second kappa shape index (κ2) is 12.8. The van der Waals surface area contributed by atoms with Crippen molar-refractivity contribution in [3.05, 3.63) is 188 Å². The van der Waals surface area contributed by atoms with Crippen LogP contribution in [-0.2, 0) is 0 Å². The Bertz CT molecular complexity index is 3600. The van der Waals surface area contributed by atoms with E-state index in [-0.39, 0.29) is 0 Å². The molecule has 5 nitrogen and oxygen atoms in total. The molecule has 3 heterocycles. The zero-order chi connectivity index (χ0) is 38.2. The molecule has 0 saturated heterocycles. The SMILES string of the molecule is c1cc(-c2ccc3ccccc3c2)cc(-c2nc(-c3cc(-c4cccc5oc6ccccc6c45)c4ccccc4c3)nc(-c3cccc4oc5ccccc5c34)n2)c1. The minimum Gasteiger partial charge on any atom is -0.456 e. The van der Waals surface area contributed by atoms with Crippen LogP contribution in [0.1, 0.15) is 0 Å². The van der Waals surface area contributed by atoms with E-state index in [4.69, 9.17) is 23.8 Å². The highest BCUT2D eigenvalue weighted by atomic mass is 16.3. The maximum Gasteiger partial charge on any atom is 0.164 e. The smallest absolute Gasteiger partial charge is 0.164 e. The van der Waals surface area contributed by atoms with Crippen LogP contribution >= 0.6 is 0 Å². The highest BCUT2D eigenvalue weighted by Gasteiger charge is 2.20. The third-order valence-electron chi connectivity index (χ3n) is 11.3. The van der Waals surface area contributed by atoms with Gasteiger partial charge in [-0.1, -0.05) is 140 Å². The Morgan fingerprint density at radius 3 is 1.55 bits per heavy atom. The molecule has 0 aliphatic rings. The van der Waals surface area contributed by atoms with Gasteiger partial charge in [-0.15, -0.1) is 0 Å². The molecule has 270 valence electrons. The number of furan rings is 2. The summed E-state index contributed by atoms with van der Waals surface area (Å²) in [4.78, 5) is 15.9. The first-order chi connectivity index (χ1) is 28.7. The average Bonchev–Trinajstić information content (AvgIpc) is 3.87. The largest absolute Gasteiger partial charge is 0.456 e. The first kappa shape index (κ1) is 32.4. The van der Waals surface area contributed by atoms with Crippen molar-refractivity contribution >= 4 is 65.4 Å². The summed E-state index contributed by atoms with van der Waals surface area (Å²) >= 11 is 0. The Balaban J connectivity index is 1.11. The van der Waals surface area contributed by atoms with Gasteiger partial charge >= 0.3 is 0 Å². The molecule has 0 radical (unpaired) electrons. The van der Waals surface area contributed by atoms with E-state index in [0.29, 0.717) is 17.5 Å². The molecular formula is C53H31N3O2. The normalized spacial score (nSPS) is 11.8. The summed E-state index contributed by atoms with van der Waals surface area (Å²) in [6.45, 7) is 0. The maximum atomic E-state index is 6.35. The van der Waals surface area contributed by atoms with Gasteiger partial charge in [0, 0.05) is 38.2 Å². The molecule has 12 aromatic rings. The van der Waals surface area contributed by atoms with Crippen LogP contribution in [-0.4, -0.2) is 15.0 Å². The van der Waals surface area contributed by atoms with Crippen molar-refractivity contribution < 1.29 is 8.83 Å². The number of hydrogen-bond acceptors (Lipinski definition) is 5. The lowest BCUT2D eigenvalue weighted by atomic mass is 9.92. The zero-order valence-electron chi connectivity index (χ0n) is 31.1. The van der Waals surface area contributed by atoms with E-state index in [1.807, 2.05) is 48.5 Å². The van der Waals surface area contributed by atoms with E-state index in [9.17, 15) is 0 Å². The molecule has 0 aliphatic carbocycles. The van der Waals surface area contributed by atoms with Gasteiger partial charge in [0.2, 0.25) is 0 Å². The van der Waals surface area contributed by atoms with Crippen LogP contribution in [0.4, 0.5) is 0 Å². The fraction of sp³-hybridized carbons (Fsp3) is 0. The highest BCUT2D eigenvalue weighted by Crippen LogP contribution is 2.42. The minimum absolute atomic E-state index is 0.575. The van der Waals surface area contributed by atoms with Crippen molar-refractivity contribution in [1.29, 1.82) is 0 Å². The molecule has 58 heavy (non-hydrogen) atoms. The Hall–Kier alpha value is -7.89. The van der Waals surface area contributed by atoms with Gasteiger partial charge in [0.15, 0.2) is 17.5 Å². The molecule has 3 aromatic heterocycles. The predicted molar refractivity (Wildman–Crippen MR) is 237 cm³/mol. The van der Waals surface area contributed by atoms with Crippen molar-refractivity contribution in [2.75, 3.05) is 0 Å². The molecule has 0 aliphatic heterocycles. The molecule has 0 N–H and O–H groups in total. The fourth-order valence-electron chi connectivity index (χ4n) is 8.58. The summed E-state index contributed by atoms with van der Waals surface area (Å²) in [6, 6.07) is 65.2. The number of para-hydroxylation sites is 2. The highest BCUT2D eigenvalue weighted by molar-refractivity contribution is 6.16. The van der Waals surface area contributed by atoms with Crippen LogP contribution in [0.3, 0.4) is 0 Å². The Morgan fingerprint density at radius 1 is 0.276 bits per heavy atom. The van der Waals surface area contributed by atoms with Crippen LogP contribution < -0.4 is 0 Å². The Labute approximate surface area is 332 Å². The molecule has 0 atom stereocenters. The third-order valence-corrected chi connectivity index (χ3v) is 11.3. The fourth-order valence-corrected chi connectivity index (χ4v) is 8.58. The molecule has 0 bridgehead atoms. The topological polar surface area (TPSA) is 65.0 Å². The summed E-state index contributed by atoms with van der Waals surface area (Å²) in [5.41, 5.74) is 10.4. The minimum atomic E-state index is 0.575. The summed E-state index contributed by atoms with van der Waals surface area (Å²) in [6.07, 6.45) is 0. The second-order valence-corrected chi connectivity index (χ2v) is 14.7. The summed E-state index contributed by atoms with van der Waals surface area (Å²) < 4.78 is 12.7. The first-order valence-corrected chi connectivity index (χ1v) is 19.4. The number of nitrogens with zero attached hydrogens (tertiary/aromatic N) is 3. The molecular weight excluding hydrogens is 711 g/mol. The molecule has 0 spiro atoms. The lowest BCUT2D eigenvalue weighted by Gasteiger charge is -2.14. The molecule has 0 unspecified atom stereocenters. The van der Waals surface area contributed by atoms with Gasteiger partial charge < -0.3 is 8.83 Å². The van der Waals surface area contributed by atoms with Gasteiger partial charge in [0.05, 0.1) is 0 Å². The zero-order valence-corrected chi connectivity index (χ0v) is 31.1. The van der Waals surface area contributed by atoms with E-state index >= 15 is 0 Å². The Kier molecular flexibility index (Phi) is 7.16. The number of hydrogen-bond donors (Lipinski definition) is 0. The lowest BCUT2D eigenvalue weighted by molar-refractivity contribution is 0.668. The number of benzene rings is 9. The molecule has 0 saturated carbocycles. The van der Waals surface area contributed by atoms with Crippen LogP contribution in [0.15, 0.2) is 197 Å². The lowest BCUT2D eigenvalue weighted by Crippen LogP contribution is -2.01. The molecule has 12 rings (SSSR count). The van der Waals surface area contributed by atoms with Crippen LogP contribution in [0.25, 0.3) is 122 Å². The van der Waals surface area contributed by atoms with Crippen molar-refractivity contribution in [2.24, 2.45) is 0 Å². The van der Waals surface area contributed by atoms with Crippen LogP contribution in [0, 0.1) is 0 Å². The van der Waals surface area contributed by atoms with E-state index < -0.39 is 0 Å². The average molecular weight is 742 g/mol. The van der Waals surface area contributed by atoms with Crippen LogP contribution in [0.5, 0.6) is 0 Å². The van der Waals surface area contributed by atoms with E-state index in [1.54, 1.807) is 0 Å². The van der Waals surface area contributed by atoms with Crippen LogP contribution in [0.2, 0.25) is 0 Å². The van der Waals surface area contributed by atoms with E-state index in [0.717, 1.165) is 93.6 Å². The Morgan fingerprint density at radius 2 is 0.793 bits per heavy atom. The van der Waals surface area contributed by atoms with Gasteiger partial charge in [-0.25, -0.2) is 15.0 Å². The number of rotatable bonds is 5. The first-order valence-electron chi connectivity index (χ1n) is 19.4. The summed E-state index contributed by atoms with van der Waals surface area (Å²) in [5, 5.41) is 8.79. The predicted octanol–water partition coefficient (Wildman–Crippen LogP) is 14.3. The van der Waals surface area contributed by atoms with Crippen molar-refractivity contribution in [2.45, 2.75) is 0 Å². The van der Waals surface area contributed by atoms with Gasteiger partial charge in [-0.3, -0.25) is 0 Å². The standard InChI is InChI=1S/C53H31N3O2/c1-2-13-33-28-35(27-26-32(33)12-1)34-15-9-16-37(29-34)51-54-52(56-53(55-51)43-21-11-25-48-50(43)42-19-6-8-23-46(42)58-48)38-30-36-14-3-4-17-39(36)44(31-38)40-20-10-24-47-49(40)41-18-5-7-22-45(41)57-47/h1-31H. The number of fused-ring (bicyclic) bond motifs is 8. The van der Waals surface area contributed by atoms with Gasteiger partial charge in [-0.05, 0) is 92.3 Å². The van der Waals surface area contributed by atoms with Gasteiger partial charge in [0.25, 0.3) is 0 Å². The van der Waals surface area contributed by atoms with Crippen molar-refractivity contribution in [3.8, 4) is 56.4 Å². The van der Waals surface area contributed by atoms with E-state index in [2.05, 4.69) is 140 Å². The third kappa shape index (κ3) is 5.21. The van der Waals surface area contributed by atoms with E-state index in [1.165, 1.54) is 10.8 Å². The van der Waals surface area contributed by atoms with Crippen molar-refractivity contribution in [1.82, 2.24) is 15.0 Å². The summed E-state index contributed by atoms with van der Waals surface area (Å²) in [5.74, 6) is 1.74. The molecule has 5 heteroatoms. The number of aromatic nitrogens is 3. The summed E-state index contributed by atoms with van der Waals surface area (Å²) in [7, 11) is 0. The molecule has 9 aromatic carbocycles. The maximum absolute atomic E-state index is 6.35. The van der Waals surface area contributed by atoms with Crippen molar-refractivity contribution in [3.63, 3.8) is 0 Å². The molecule has 0 fully saturated rings. The quantitative estimate of drug-likeness (QED) is 0.176.